The molecule has 2 heteroatoms. The van der Waals surface area contributed by atoms with Gasteiger partial charge in [0, 0.05) is 36.1 Å². The Morgan fingerprint density at radius 2 is 1.85 bits per heavy atom. The van der Waals surface area contributed by atoms with Crippen molar-refractivity contribution >= 4 is 5.69 Å². The molecule has 33 heavy (non-hydrogen) atoms. The summed E-state index contributed by atoms with van der Waals surface area (Å²) in [5.41, 5.74) is 7.08. The molecule has 1 N–H and O–H groups in total. The first-order valence-electron chi connectivity index (χ1n) is 12.8. The third-order valence-corrected chi connectivity index (χ3v) is 7.24. The molecule has 2 nitrogen and oxygen atoms in total. The second-order valence-electron chi connectivity index (χ2n) is 10.6. The highest BCUT2D eigenvalue weighted by molar-refractivity contribution is 5.55. The number of rotatable bonds is 11. The summed E-state index contributed by atoms with van der Waals surface area (Å²) in [6.07, 6.45) is 21.9. The maximum atomic E-state index is 3.81. The van der Waals surface area contributed by atoms with E-state index in [0.29, 0.717) is 0 Å². The zero-order chi connectivity index (χ0) is 23.9. The monoisotopic (exact) mass is 444 g/mol. The van der Waals surface area contributed by atoms with Crippen molar-refractivity contribution in [2.24, 2.45) is 5.41 Å². The van der Waals surface area contributed by atoms with Crippen molar-refractivity contribution in [3.63, 3.8) is 0 Å². The van der Waals surface area contributed by atoms with E-state index in [-0.39, 0.29) is 10.8 Å². The maximum Gasteiger partial charge on any atom is 0.0404 e. The van der Waals surface area contributed by atoms with E-state index in [4.69, 9.17) is 0 Å². The molecule has 2 aliphatic rings. The molecule has 1 heterocycles. The lowest BCUT2D eigenvalue weighted by Gasteiger charge is -2.27. The van der Waals surface area contributed by atoms with Crippen molar-refractivity contribution in [2.45, 2.75) is 78.1 Å². The number of nitrogens with zero attached hydrogens (tertiary/aromatic N) is 1. The number of benzene rings is 1. The lowest BCUT2D eigenvalue weighted by atomic mass is 9.80. The first kappa shape index (κ1) is 25.1. The topological polar surface area (TPSA) is 15.3 Å². The summed E-state index contributed by atoms with van der Waals surface area (Å²) in [4.78, 5) is 2.38. The first-order chi connectivity index (χ1) is 15.8. The number of nitrogens with one attached hydrogen (secondary N) is 1. The molecule has 0 unspecified atom stereocenters. The SMILES string of the molecule is C=CCCCCCNc1ccccc1C(C)(C)C/C=C/C=C1/N(C)C2=CCCC=C2C1(C)C. The van der Waals surface area contributed by atoms with Crippen molar-refractivity contribution < 1.29 is 0 Å². The van der Waals surface area contributed by atoms with Crippen LogP contribution in [0.4, 0.5) is 5.69 Å². The first-order valence-corrected chi connectivity index (χ1v) is 12.8. The van der Waals surface area contributed by atoms with Gasteiger partial charge in [-0.05, 0) is 67.2 Å². The second kappa shape index (κ2) is 11.1. The highest BCUT2D eigenvalue weighted by atomic mass is 15.2. The van der Waals surface area contributed by atoms with Gasteiger partial charge in [0.15, 0.2) is 0 Å². The van der Waals surface area contributed by atoms with E-state index >= 15 is 0 Å². The number of fused-ring (bicyclic) bond motifs is 1. The smallest absolute Gasteiger partial charge is 0.0404 e. The van der Waals surface area contributed by atoms with E-state index in [1.807, 2.05) is 6.08 Å². The van der Waals surface area contributed by atoms with Gasteiger partial charge in [-0.25, -0.2) is 0 Å². The Morgan fingerprint density at radius 1 is 1.09 bits per heavy atom. The summed E-state index contributed by atoms with van der Waals surface area (Å²) in [5, 5.41) is 3.70. The van der Waals surface area contributed by atoms with Crippen molar-refractivity contribution in [1.82, 2.24) is 4.90 Å². The number of unbranched alkanes of at least 4 members (excludes halogenated alkanes) is 3. The predicted molar refractivity (Wildman–Crippen MR) is 145 cm³/mol. The molecule has 178 valence electrons. The van der Waals surface area contributed by atoms with E-state index in [0.717, 1.165) is 32.2 Å². The van der Waals surface area contributed by atoms with Crippen LogP contribution in [-0.4, -0.2) is 18.5 Å². The largest absolute Gasteiger partial charge is 0.385 e. The van der Waals surface area contributed by atoms with E-state index in [9.17, 15) is 0 Å². The zero-order valence-corrected chi connectivity index (χ0v) is 21.6. The highest BCUT2D eigenvalue weighted by Crippen LogP contribution is 2.50. The normalized spacial score (nSPS) is 18.9. The number of likely N-dealkylation sites (tertiary alicyclic amines) is 1. The number of likely N-dealkylation sites (N-methyl/N-ethyl adjacent to an activating group) is 1. The van der Waals surface area contributed by atoms with Gasteiger partial charge in [-0.1, -0.05) is 82.7 Å². The summed E-state index contributed by atoms with van der Waals surface area (Å²) in [5.74, 6) is 0. The minimum absolute atomic E-state index is 0.0670. The lowest BCUT2D eigenvalue weighted by Crippen LogP contribution is -2.19. The van der Waals surface area contributed by atoms with Crippen LogP contribution in [0.1, 0.15) is 78.2 Å². The number of anilines is 1. The molecule has 0 aromatic heterocycles. The molecule has 1 aromatic rings. The number of hydrogen-bond acceptors (Lipinski definition) is 2. The van der Waals surface area contributed by atoms with Crippen LogP contribution < -0.4 is 5.32 Å². The van der Waals surface area contributed by atoms with Crippen LogP contribution in [-0.2, 0) is 5.41 Å². The molecule has 1 aliphatic carbocycles. The fraction of sp³-hybridized carbons (Fsp3) is 0.484. The number of allylic oxidation sites excluding steroid dienone is 8. The third kappa shape index (κ3) is 5.91. The molecular formula is C31H44N2. The quantitative estimate of drug-likeness (QED) is 0.272. The average Bonchev–Trinajstić information content (AvgIpc) is 2.99. The molecule has 0 saturated carbocycles. The Hall–Kier alpha value is -2.48. The molecule has 0 spiro atoms. The van der Waals surface area contributed by atoms with Gasteiger partial charge < -0.3 is 10.2 Å². The molecule has 0 radical (unpaired) electrons. The van der Waals surface area contributed by atoms with Crippen molar-refractivity contribution in [1.29, 1.82) is 0 Å². The van der Waals surface area contributed by atoms with Crippen LogP contribution in [0.2, 0.25) is 0 Å². The molecule has 1 aliphatic heterocycles. The van der Waals surface area contributed by atoms with Crippen molar-refractivity contribution in [2.75, 3.05) is 18.9 Å². The van der Waals surface area contributed by atoms with Gasteiger partial charge in [-0.15, -0.1) is 6.58 Å². The van der Waals surface area contributed by atoms with Gasteiger partial charge in [-0.2, -0.15) is 0 Å². The van der Waals surface area contributed by atoms with Crippen LogP contribution in [0.25, 0.3) is 0 Å². The zero-order valence-electron chi connectivity index (χ0n) is 21.6. The molecule has 0 atom stereocenters. The predicted octanol–water partition coefficient (Wildman–Crippen LogP) is 8.53. The average molecular weight is 445 g/mol. The van der Waals surface area contributed by atoms with Gasteiger partial charge in [-0.3, -0.25) is 0 Å². The maximum absolute atomic E-state index is 3.81. The van der Waals surface area contributed by atoms with E-state index < -0.39 is 0 Å². The molecule has 1 aromatic carbocycles. The van der Waals surface area contributed by atoms with Crippen LogP contribution in [0.15, 0.2) is 84.3 Å². The molecule has 3 rings (SSSR count). The number of para-hydroxylation sites is 1. The van der Waals surface area contributed by atoms with Gasteiger partial charge in [0.25, 0.3) is 0 Å². The summed E-state index contributed by atoms with van der Waals surface area (Å²) in [6.45, 7) is 14.2. The van der Waals surface area contributed by atoms with E-state index in [2.05, 4.69) is 106 Å². The molecule has 0 bridgehead atoms. The Kier molecular flexibility index (Phi) is 8.46. The van der Waals surface area contributed by atoms with Crippen molar-refractivity contribution in [3.8, 4) is 0 Å². The van der Waals surface area contributed by atoms with E-state index in [1.165, 1.54) is 47.5 Å². The van der Waals surface area contributed by atoms with Gasteiger partial charge in [0.1, 0.15) is 0 Å². The lowest BCUT2D eigenvalue weighted by molar-refractivity contribution is 0.468. The number of hydrogen-bond donors (Lipinski definition) is 1. The fourth-order valence-corrected chi connectivity index (χ4v) is 5.24. The Morgan fingerprint density at radius 3 is 2.61 bits per heavy atom. The molecule has 0 amide bonds. The van der Waals surface area contributed by atoms with Crippen LogP contribution in [0, 0.1) is 5.41 Å². The van der Waals surface area contributed by atoms with Crippen LogP contribution >= 0.6 is 0 Å². The summed E-state index contributed by atoms with van der Waals surface area (Å²) in [7, 11) is 2.21. The summed E-state index contributed by atoms with van der Waals surface area (Å²) in [6, 6.07) is 8.81. The Balaban J connectivity index is 1.65. The summed E-state index contributed by atoms with van der Waals surface area (Å²) >= 11 is 0. The molecular weight excluding hydrogens is 400 g/mol. The minimum Gasteiger partial charge on any atom is -0.385 e. The minimum atomic E-state index is 0.0670. The Labute approximate surface area is 202 Å². The molecule has 1 saturated heterocycles. The third-order valence-electron chi connectivity index (χ3n) is 7.24. The Bertz CT molecular complexity index is 939. The molecule has 1 fully saturated rings. The van der Waals surface area contributed by atoms with Gasteiger partial charge >= 0.3 is 0 Å². The van der Waals surface area contributed by atoms with Gasteiger partial charge in [0.05, 0.1) is 0 Å². The second-order valence-corrected chi connectivity index (χ2v) is 10.6. The standard InChI is InChI=1S/C31H44N2/c1-7-8-9-10-17-24-32-27-20-13-11-18-25(27)30(2,3)23-16-15-22-29-31(4,5)26-19-12-14-21-28(26)33(29)6/h7,11,13,15-16,18-22,32H,1,8-10,12,14,17,23-24H2,2-6H3/b16-15+,29-22+. The van der Waals surface area contributed by atoms with Crippen molar-refractivity contribution in [3.05, 3.63) is 89.8 Å². The van der Waals surface area contributed by atoms with Gasteiger partial charge in [0.2, 0.25) is 0 Å². The van der Waals surface area contributed by atoms with E-state index in [1.54, 1.807) is 0 Å². The van der Waals surface area contributed by atoms with Crippen LogP contribution in [0.5, 0.6) is 0 Å². The fourth-order valence-electron chi connectivity index (χ4n) is 5.24. The highest BCUT2D eigenvalue weighted by Gasteiger charge is 2.41. The van der Waals surface area contributed by atoms with Crippen LogP contribution in [0.3, 0.4) is 0 Å². The summed E-state index contributed by atoms with van der Waals surface area (Å²) < 4.78 is 0.